The van der Waals surface area contributed by atoms with Gasteiger partial charge in [0.2, 0.25) is 0 Å². The number of aromatic nitrogens is 1. The average molecular weight is 257 g/mol. The van der Waals surface area contributed by atoms with Gasteiger partial charge in [0.25, 0.3) is 0 Å². The second-order valence-electron chi connectivity index (χ2n) is 5.98. The molecule has 3 heteroatoms. The summed E-state index contributed by atoms with van der Waals surface area (Å²) in [7, 11) is 0. The minimum atomic E-state index is -0.800. The van der Waals surface area contributed by atoms with Crippen molar-refractivity contribution in [1.82, 2.24) is 4.98 Å². The molecule has 3 nitrogen and oxygen atoms in total. The van der Waals surface area contributed by atoms with Gasteiger partial charge in [0, 0.05) is 24.4 Å². The highest BCUT2D eigenvalue weighted by Gasteiger charge is 2.40. The highest BCUT2D eigenvalue weighted by atomic mass is 16.5. The summed E-state index contributed by atoms with van der Waals surface area (Å²) < 4.78 is 5.70. The van der Waals surface area contributed by atoms with Crippen LogP contribution < -0.4 is 0 Å². The van der Waals surface area contributed by atoms with Crippen LogP contribution in [-0.2, 0) is 10.3 Å². The second kappa shape index (κ2) is 4.29. The van der Waals surface area contributed by atoms with E-state index in [1.54, 1.807) is 6.20 Å². The van der Waals surface area contributed by atoms with Crippen LogP contribution in [0.5, 0.6) is 0 Å². The number of ether oxygens (including phenoxy) is 1. The summed E-state index contributed by atoms with van der Waals surface area (Å²) in [4.78, 5) is 4.31. The molecule has 3 rings (SSSR count). The van der Waals surface area contributed by atoms with Gasteiger partial charge in [-0.05, 0) is 37.6 Å². The van der Waals surface area contributed by atoms with E-state index < -0.39 is 5.60 Å². The molecule has 1 aliphatic rings. The van der Waals surface area contributed by atoms with Crippen LogP contribution in [0.2, 0.25) is 0 Å². The number of hydrogen-bond donors (Lipinski definition) is 1. The lowest BCUT2D eigenvalue weighted by Gasteiger charge is -2.41. The molecule has 1 atom stereocenters. The maximum Gasteiger partial charge on any atom is 0.0945 e. The van der Waals surface area contributed by atoms with Crippen molar-refractivity contribution < 1.29 is 9.84 Å². The Bertz CT molecular complexity index is 608. The summed E-state index contributed by atoms with van der Waals surface area (Å²) in [6, 6.07) is 9.95. The maximum absolute atomic E-state index is 10.9. The molecule has 1 aromatic heterocycles. The monoisotopic (exact) mass is 257 g/mol. The number of pyridine rings is 1. The van der Waals surface area contributed by atoms with Crippen LogP contribution in [-0.4, -0.2) is 22.3 Å². The van der Waals surface area contributed by atoms with E-state index in [0.717, 1.165) is 16.5 Å². The standard InChI is InChI=1S/C16H19NO2/c1-15(2)11-16(18,7-9-19-15)13-5-6-14-12(10-13)4-3-8-17-14/h3-6,8,10,18H,7,9,11H2,1-2H3. The Labute approximate surface area is 113 Å². The molecule has 1 fully saturated rings. The van der Waals surface area contributed by atoms with Crippen LogP contribution in [0.25, 0.3) is 10.9 Å². The van der Waals surface area contributed by atoms with Crippen molar-refractivity contribution in [1.29, 1.82) is 0 Å². The molecule has 100 valence electrons. The molecule has 2 heterocycles. The molecule has 1 aliphatic heterocycles. The van der Waals surface area contributed by atoms with Crippen molar-refractivity contribution in [2.75, 3.05) is 6.61 Å². The fraction of sp³-hybridized carbons (Fsp3) is 0.438. The van der Waals surface area contributed by atoms with E-state index in [1.165, 1.54) is 0 Å². The van der Waals surface area contributed by atoms with Gasteiger partial charge in [-0.1, -0.05) is 12.1 Å². The number of rotatable bonds is 1. The first kappa shape index (κ1) is 12.6. The maximum atomic E-state index is 10.9. The lowest BCUT2D eigenvalue weighted by Crippen LogP contribution is -2.43. The smallest absolute Gasteiger partial charge is 0.0945 e. The Kier molecular flexibility index (Phi) is 2.84. The summed E-state index contributed by atoms with van der Waals surface area (Å²) in [5.41, 5.74) is 0.841. The summed E-state index contributed by atoms with van der Waals surface area (Å²) in [6.45, 7) is 4.65. The van der Waals surface area contributed by atoms with Gasteiger partial charge in [0.1, 0.15) is 0 Å². The molecule has 0 saturated carbocycles. The van der Waals surface area contributed by atoms with Crippen LogP contribution in [0.1, 0.15) is 32.3 Å². The second-order valence-corrected chi connectivity index (χ2v) is 5.98. The molecule has 19 heavy (non-hydrogen) atoms. The van der Waals surface area contributed by atoms with Gasteiger partial charge in [0.15, 0.2) is 0 Å². The third-order valence-electron chi connectivity index (χ3n) is 3.87. The number of nitrogens with zero attached hydrogens (tertiary/aromatic N) is 1. The summed E-state index contributed by atoms with van der Waals surface area (Å²) in [5, 5.41) is 12.0. The van der Waals surface area contributed by atoms with Crippen LogP contribution in [0.15, 0.2) is 36.5 Å². The molecule has 0 radical (unpaired) electrons. The predicted octanol–water partition coefficient (Wildman–Crippen LogP) is 3.01. The third-order valence-corrected chi connectivity index (χ3v) is 3.87. The molecular weight excluding hydrogens is 238 g/mol. The number of benzene rings is 1. The van der Waals surface area contributed by atoms with Gasteiger partial charge in [-0.25, -0.2) is 0 Å². The van der Waals surface area contributed by atoms with Gasteiger partial charge < -0.3 is 9.84 Å². The number of aliphatic hydroxyl groups is 1. The Morgan fingerprint density at radius 1 is 1.26 bits per heavy atom. The SMILES string of the molecule is CC1(C)CC(O)(c2ccc3ncccc3c2)CCO1. The highest BCUT2D eigenvalue weighted by Crippen LogP contribution is 2.39. The number of hydrogen-bond acceptors (Lipinski definition) is 3. The largest absolute Gasteiger partial charge is 0.385 e. The molecule has 0 aliphatic carbocycles. The molecule has 0 amide bonds. The third kappa shape index (κ3) is 2.36. The molecule has 1 N–H and O–H groups in total. The van der Waals surface area contributed by atoms with E-state index in [2.05, 4.69) is 4.98 Å². The van der Waals surface area contributed by atoms with Crippen LogP contribution >= 0.6 is 0 Å². The topological polar surface area (TPSA) is 42.4 Å². The Morgan fingerprint density at radius 2 is 2.11 bits per heavy atom. The van der Waals surface area contributed by atoms with Crippen LogP contribution in [0, 0.1) is 0 Å². The fourth-order valence-electron chi connectivity index (χ4n) is 2.95. The first-order valence-corrected chi connectivity index (χ1v) is 6.70. The highest BCUT2D eigenvalue weighted by molar-refractivity contribution is 5.79. The first-order chi connectivity index (χ1) is 8.99. The molecule has 0 spiro atoms. The minimum absolute atomic E-state index is 0.281. The summed E-state index contributed by atoms with van der Waals surface area (Å²) in [6.07, 6.45) is 3.04. The normalized spacial score (nSPS) is 26.5. The van der Waals surface area contributed by atoms with E-state index in [9.17, 15) is 5.11 Å². The van der Waals surface area contributed by atoms with Gasteiger partial charge in [-0.15, -0.1) is 0 Å². The van der Waals surface area contributed by atoms with E-state index in [4.69, 9.17) is 4.74 Å². The van der Waals surface area contributed by atoms with E-state index in [0.29, 0.717) is 19.4 Å². The predicted molar refractivity (Wildman–Crippen MR) is 74.9 cm³/mol. The Balaban J connectivity index is 2.03. The van der Waals surface area contributed by atoms with Crippen molar-refractivity contribution in [2.45, 2.75) is 37.9 Å². The molecule has 1 unspecified atom stereocenters. The summed E-state index contributed by atoms with van der Waals surface area (Å²) >= 11 is 0. The zero-order valence-electron chi connectivity index (χ0n) is 11.4. The minimum Gasteiger partial charge on any atom is -0.385 e. The lowest BCUT2D eigenvalue weighted by atomic mass is 9.79. The zero-order chi connectivity index (χ0) is 13.5. The van der Waals surface area contributed by atoms with Gasteiger partial charge in [-0.2, -0.15) is 0 Å². The molecular formula is C16H19NO2. The van der Waals surface area contributed by atoms with E-state index in [1.807, 2.05) is 44.2 Å². The lowest BCUT2D eigenvalue weighted by molar-refractivity contribution is -0.148. The molecule has 0 bridgehead atoms. The molecule has 1 saturated heterocycles. The summed E-state index contributed by atoms with van der Waals surface area (Å²) in [5.74, 6) is 0. The van der Waals surface area contributed by atoms with Gasteiger partial charge >= 0.3 is 0 Å². The van der Waals surface area contributed by atoms with E-state index >= 15 is 0 Å². The molecule has 2 aromatic rings. The van der Waals surface area contributed by atoms with Crippen molar-refractivity contribution in [3.05, 3.63) is 42.1 Å². The molecule has 1 aromatic carbocycles. The Morgan fingerprint density at radius 3 is 2.89 bits per heavy atom. The van der Waals surface area contributed by atoms with E-state index in [-0.39, 0.29) is 5.60 Å². The van der Waals surface area contributed by atoms with Crippen molar-refractivity contribution in [2.24, 2.45) is 0 Å². The fourth-order valence-corrected chi connectivity index (χ4v) is 2.95. The van der Waals surface area contributed by atoms with Gasteiger partial charge in [-0.3, -0.25) is 4.98 Å². The van der Waals surface area contributed by atoms with Crippen LogP contribution in [0.3, 0.4) is 0 Å². The van der Waals surface area contributed by atoms with Crippen LogP contribution in [0.4, 0.5) is 0 Å². The first-order valence-electron chi connectivity index (χ1n) is 6.70. The number of fused-ring (bicyclic) bond motifs is 1. The van der Waals surface area contributed by atoms with Gasteiger partial charge in [0.05, 0.1) is 23.3 Å². The zero-order valence-corrected chi connectivity index (χ0v) is 11.4. The van der Waals surface area contributed by atoms with Crippen molar-refractivity contribution in [3.63, 3.8) is 0 Å². The Hall–Kier alpha value is -1.45. The quantitative estimate of drug-likeness (QED) is 0.854. The van der Waals surface area contributed by atoms with Crippen molar-refractivity contribution >= 4 is 10.9 Å². The van der Waals surface area contributed by atoms with Crippen molar-refractivity contribution in [3.8, 4) is 0 Å². The average Bonchev–Trinajstić information content (AvgIpc) is 2.36.